The first kappa shape index (κ1) is 20.6. The molecule has 0 saturated carbocycles. The Morgan fingerprint density at radius 3 is 2.61 bits per heavy atom. The normalized spacial score (nSPS) is 13.0. The predicted octanol–water partition coefficient (Wildman–Crippen LogP) is 4.90. The highest BCUT2D eigenvalue weighted by Crippen LogP contribution is 2.34. The molecular weight excluding hydrogens is 422 g/mol. The quantitative estimate of drug-likeness (QED) is 0.472. The average Bonchev–Trinajstić information content (AvgIpc) is 3.27. The number of hydrogen-bond acceptors (Lipinski definition) is 6. The first-order valence-corrected chi connectivity index (χ1v) is 10.5. The van der Waals surface area contributed by atoms with Crippen molar-refractivity contribution in [2.75, 3.05) is 12.1 Å². The standard InChI is InChI=1S/C26H21NO6/c1-15-24(17-6-4-3-5-7-17)25(28)20-10-9-19(13-22(20)33-15)32-16(2)26(29)27-18-8-11-21-23(12-18)31-14-30-21/h3-13,16H,14H2,1-2H3,(H,27,29)/t16-/m1/s1. The van der Waals surface area contributed by atoms with Gasteiger partial charge in [0, 0.05) is 17.8 Å². The lowest BCUT2D eigenvalue weighted by molar-refractivity contribution is -0.122. The molecule has 1 aliphatic rings. The Kier molecular flexibility index (Phi) is 5.22. The van der Waals surface area contributed by atoms with Crippen LogP contribution in [0, 0.1) is 6.92 Å². The van der Waals surface area contributed by atoms with Crippen molar-refractivity contribution in [1.82, 2.24) is 0 Å². The number of benzene rings is 3. The predicted molar refractivity (Wildman–Crippen MR) is 124 cm³/mol. The van der Waals surface area contributed by atoms with Gasteiger partial charge in [-0.3, -0.25) is 9.59 Å². The van der Waals surface area contributed by atoms with Gasteiger partial charge in [-0.1, -0.05) is 30.3 Å². The summed E-state index contributed by atoms with van der Waals surface area (Å²) in [5.41, 5.74) is 2.21. The van der Waals surface area contributed by atoms with Crippen LogP contribution in [0.15, 0.2) is 75.9 Å². The van der Waals surface area contributed by atoms with Crippen LogP contribution in [0.4, 0.5) is 5.69 Å². The molecule has 4 aromatic rings. The molecule has 1 amide bonds. The van der Waals surface area contributed by atoms with E-state index in [1.165, 1.54) is 0 Å². The van der Waals surface area contributed by atoms with Crippen molar-refractivity contribution in [3.63, 3.8) is 0 Å². The molecule has 166 valence electrons. The summed E-state index contributed by atoms with van der Waals surface area (Å²) in [6.07, 6.45) is -0.788. The van der Waals surface area contributed by atoms with E-state index in [-0.39, 0.29) is 18.1 Å². The van der Waals surface area contributed by atoms with Crippen molar-refractivity contribution in [3.8, 4) is 28.4 Å². The fourth-order valence-electron chi connectivity index (χ4n) is 3.77. The second-order valence-corrected chi connectivity index (χ2v) is 7.70. The zero-order valence-electron chi connectivity index (χ0n) is 18.1. The van der Waals surface area contributed by atoms with Crippen molar-refractivity contribution in [1.29, 1.82) is 0 Å². The van der Waals surface area contributed by atoms with Crippen LogP contribution >= 0.6 is 0 Å². The van der Waals surface area contributed by atoms with Gasteiger partial charge in [-0.05, 0) is 43.7 Å². The molecule has 1 aliphatic heterocycles. The van der Waals surface area contributed by atoms with Gasteiger partial charge < -0.3 is 23.9 Å². The van der Waals surface area contributed by atoms with E-state index in [0.717, 1.165) is 5.56 Å². The molecule has 2 heterocycles. The summed E-state index contributed by atoms with van der Waals surface area (Å²) in [6, 6.07) is 19.5. The van der Waals surface area contributed by atoms with Gasteiger partial charge in [-0.2, -0.15) is 0 Å². The van der Waals surface area contributed by atoms with Crippen molar-refractivity contribution in [3.05, 3.63) is 82.7 Å². The lowest BCUT2D eigenvalue weighted by Gasteiger charge is -2.15. The zero-order chi connectivity index (χ0) is 22.9. The van der Waals surface area contributed by atoms with E-state index < -0.39 is 6.10 Å². The summed E-state index contributed by atoms with van der Waals surface area (Å²) in [4.78, 5) is 25.7. The molecule has 0 aliphatic carbocycles. The SMILES string of the molecule is Cc1oc2cc(O[C@H](C)C(=O)Nc3ccc4c(c3)OCO4)ccc2c(=O)c1-c1ccccc1. The smallest absolute Gasteiger partial charge is 0.265 e. The van der Waals surface area contributed by atoms with Gasteiger partial charge >= 0.3 is 0 Å². The Labute approximate surface area is 189 Å². The van der Waals surface area contributed by atoms with E-state index in [1.54, 1.807) is 50.2 Å². The van der Waals surface area contributed by atoms with Crippen LogP contribution in [0.1, 0.15) is 12.7 Å². The summed E-state index contributed by atoms with van der Waals surface area (Å²) in [5, 5.41) is 3.25. The van der Waals surface area contributed by atoms with Crippen molar-refractivity contribution in [2.45, 2.75) is 20.0 Å². The van der Waals surface area contributed by atoms with E-state index in [2.05, 4.69) is 5.32 Å². The van der Waals surface area contributed by atoms with Crippen molar-refractivity contribution >= 4 is 22.6 Å². The van der Waals surface area contributed by atoms with Crippen LogP contribution in [0.2, 0.25) is 0 Å². The molecule has 33 heavy (non-hydrogen) atoms. The first-order valence-electron chi connectivity index (χ1n) is 10.5. The van der Waals surface area contributed by atoms with E-state index >= 15 is 0 Å². The van der Waals surface area contributed by atoms with Crippen LogP contribution in [0.5, 0.6) is 17.2 Å². The molecule has 7 nitrogen and oxygen atoms in total. The number of fused-ring (bicyclic) bond motifs is 2. The van der Waals surface area contributed by atoms with Crippen LogP contribution in [0.25, 0.3) is 22.1 Å². The fraction of sp³-hybridized carbons (Fsp3) is 0.154. The number of ether oxygens (including phenoxy) is 3. The van der Waals surface area contributed by atoms with Crippen LogP contribution in [0.3, 0.4) is 0 Å². The minimum atomic E-state index is -0.788. The number of carbonyl (C=O) groups is 1. The van der Waals surface area contributed by atoms with E-state index in [9.17, 15) is 9.59 Å². The third-order valence-corrected chi connectivity index (χ3v) is 5.42. The maximum absolute atomic E-state index is 13.1. The molecule has 1 aromatic heterocycles. The second-order valence-electron chi connectivity index (χ2n) is 7.70. The lowest BCUT2D eigenvalue weighted by Crippen LogP contribution is -2.30. The Hall–Kier alpha value is -4.26. The zero-order valence-corrected chi connectivity index (χ0v) is 18.1. The first-order chi connectivity index (χ1) is 16.0. The topological polar surface area (TPSA) is 87.0 Å². The highest BCUT2D eigenvalue weighted by atomic mass is 16.7. The number of hydrogen-bond donors (Lipinski definition) is 1. The number of amides is 1. The van der Waals surface area contributed by atoms with Crippen LogP contribution < -0.4 is 25.0 Å². The molecule has 1 atom stereocenters. The maximum atomic E-state index is 13.1. The van der Waals surface area contributed by atoms with Gasteiger partial charge in [0.15, 0.2) is 17.6 Å². The van der Waals surface area contributed by atoms with E-state index in [1.807, 2.05) is 30.3 Å². The monoisotopic (exact) mass is 443 g/mol. The minimum Gasteiger partial charge on any atom is -0.481 e. The van der Waals surface area contributed by atoms with Gasteiger partial charge in [0.25, 0.3) is 5.91 Å². The molecular formula is C26H21NO6. The highest BCUT2D eigenvalue weighted by Gasteiger charge is 2.19. The van der Waals surface area contributed by atoms with E-state index in [4.69, 9.17) is 18.6 Å². The summed E-state index contributed by atoms with van der Waals surface area (Å²) in [7, 11) is 0. The Bertz CT molecular complexity index is 1410. The van der Waals surface area contributed by atoms with Crippen LogP contribution in [-0.4, -0.2) is 18.8 Å². The molecule has 0 bridgehead atoms. The summed E-state index contributed by atoms with van der Waals surface area (Å²) in [5.74, 6) is 1.83. The number of carbonyl (C=O) groups excluding carboxylic acids is 1. The number of rotatable bonds is 5. The van der Waals surface area contributed by atoms with Gasteiger partial charge in [-0.25, -0.2) is 0 Å². The van der Waals surface area contributed by atoms with Crippen molar-refractivity contribution < 1.29 is 23.4 Å². The summed E-state index contributed by atoms with van der Waals surface area (Å²) in [6.45, 7) is 3.57. The molecule has 7 heteroatoms. The molecule has 1 N–H and O–H groups in total. The van der Waals surface area contributed by atoms with Gasteiger partial charge in [0.2, 0.25) is 12.2 Å². The lowest BCUT2D eigenvalue weighted by atomic mass is 10.0. The number of aryl methyl sites for hydroxylation is 1. The number of nitrogens with one attached hydrogen (secondary N) is 1. The van der Waals surface area contributed by atoms with Gasteiger partial charge in [-0.15, -0.1) is 0 Å². The third kappa shape index (κ3) is 4.01. The Morgan fingerprint density at radius 1 is 1.00 bits per heavy atom. The molecule has 5 rings (SSSR count). The summed E-state index contributed by atoms with van der Waals surface area (Å²) < 4.78 is 22.4. The Morgan fingerprint density at radius 2 is 1.79 bits per heavy atom. The summed E-state index contributed by atoms with van der Waals surface area (Å²) >= 11 is 0. The minimum absolute atomic E-state index is 0.111. The third-order valence-electron chi connectivity index (χ3n) is 5.42. The molecule has 0 saturated heterocycles. The molecule has 0 fully saturated rings. The highest BCUT2D eigenvalue weighted by molar-refractivity contribution is 5.94. The largest absolute Gasteiger partial charge is 0.481 e. The number of anilines is 1. The Balaban J connectivity index is 1.35. The van der Waals surface area contributed by atoms with Gasteiger partial charge in [0.1, 0.15) is 17.1 Å². The maximum Gasteiger partial charge on any atom is 0.265 e. The van der Waals surface area contributed by atoms with Gasteiger partial charge in [0.05, 0.1) is 10.9 Å². The fourth-order valence-corrected chi connectivity index (χ4v) is 3.77. The average molecular weight is 443 g/mol. The van der Waals surface area contributed by atoms with Crippen LogP contribution in [-0.2, 0) is 4.79 Å². The molecule has 0 radical (unpaired) electrons. The molecule has 0 unspecified atom stereocenters. The van der Waals surface area contributed by atoms with E-state index in [0.29, 0.717) is 45.2 Å². The van der Waals surface area contributed by atoms with Crippen molar-refractivity contribution in [2.24, 2.45) is 0 Å². The molecule has 3 aromatic carbocycles. The second kappa shape index (κ2) is 8.35. The molecule has 0 spiro atoms.